The lowest BCUT2D eigenvalue weighted by Crippen LogP contribution is -2.36. The standard InChI is InChI=1S/C12H12BrClN2O3/c13-7-1-2-8(14)9(5-7)16-11(19)15-6-12(3-4-12)10(17)18/h1-2,5H,3-4,6H2,(H,17,18)(H2,15,16,19). The molecule has 1 fully saturated rings. The van der Waals surface area contributed by atoms with E-state index >= 15 is 0 Å². The number of carbonyl (C=O) groups is 2. The van der Waals surface area contributed by atoms with E-state index in [1.807, 2.05) is 0 Å². The highest BCUT2D eigenvalue weighted by atomic mass is 79.9. The maximum Gasteiger partial charge on any atom is 0.319 e. The summed E-state index contributed by atoms with van der Waals surface area (Å²) in [6, 6.07) is 4.62. The highest BCUT2D eigenvalue weighted by Crippen LogP contribution is 2.45. The maximum absolute atomic E-state index is 11.7. The number of benzene rings is 1. The fourth-order valence-corrected chi connectivity index (χ4v) is 2.15. The van der Waals surface area contributed by atoms with Crippen LogP contribution in [0.1, 0.15) is 12.8 Å². The zero-order chi connectivity index (χ0) is 14.0. The largest absolute Gasteiger partial charge is 0.481 e. The Morgan fingerprint density at radius 1 is 1.42 bits per heavy atom. The molecule has 0 aliphatic heterocycles. The van der Waals surface area contributed by atoms with Crippen molar-refractivity contribution in [3.05, 3.63) is 27.7 Å². The first-order valence-electron chi connectivity index (χ1n) is 5.66. The molecular weight excluding hydrogens is 336 g/mol. The first-order valence-corrected chi connectivity index (χ1v) is 6.83. The smallest absolute Gasteiger partial charge is 0.319 e. The summed E-state index contributed by atoms with van der Waals surface area (Å²) < 4.78 is 0.788. The van der Waals surface area contributed by atoms with Crippen LogP contribution in [-0.4, -0.2) is 23.7 Å². The number of carboxylic acids is 1. The molecule has 5 nitrogen and oxygen atoms in total. The molecule has 0 atom stereocenters. The van der Waals surface area contributed by atoms with Crippen LogP contribution < -0.4 is 10.6 Å². The van der Waals surface area contributed by atoms with E-state index < -0.39 is 17.4 Å². The number of carboxylic acid groups (broad SMARTS) is 1. The van der Waals surface area contributed by atoms with E-state index in [-0.39, 0.29) is 6.54 Å². The van der Waals surface area contributed by atoms with Gasteiger partial charge in [0.15, 0.2) is 0 Å². The Morgan fingerprint density at radius 2 is 2.11 bits per heavy atom. The second-order valence-corrected chi connectivity index (χ2v) is 5.84. The lowest BCUT2D eigenvalue weighted by Gasteiger charge is -2.12. The average Bonchev–Trinajstić information content (AvgIpc) is 3.12. The normalized spacial score (nSPS) is 15.7. The van der Waals surface area contributed by atoms with Crippen molar-refractivity contribution in [2.24, 2.45) is 5.41 Å². The van der Waals surface area contributed by atoms with Crippen molar-refractivity contribution in [3.63, 3.8) is 0 Å². The lowest BCUT2D eigenvalue weighted by molar-refractivity contribution is -0.143. The fourth-order valence-electron chi connectivity index (χ4n) is 1.63. The molecule has 1 aromatic rings. The second kappa shape index (κ2) is 5.38. The Hall–Kier alpha value is -1.27. The van der Waals surface area contributed by atoms with Crippen LogP contribution in [0.15, 0.2) is 22.7 Å². The van der Waals surface area contributed by atoms with E-state index in [4.69, 9.17) is 16.7 Å². The Balaban J connectivity index is 1.91. The zero-order valence-electron chi connectivity index (χ0n) is 9.87. The summed E-state index contributed by atoms with van der Waals surface area (Å²) in [5.74, 6) is -0.867. The van der Waals surface area contributed by atoms with Gasteiger partial charge in [-0.25, -0.2) is 4.79 Å². The molecule has 2 amide bonds. The number of aliphatic carboxylic acids is 1. The third-order valence-corrected chi connectivity index (χ3v) is 3.89. The molecule has 0 heterocycles. The minimum absolute atomic E-state index is 0.125. The molecule has 0 aromatic heterocycles. The van der Waals surface area contributed by atoms with Crippen LogP contribution in [0, 0.1) is 5.41 Å². The number of carbonyl (C=O) groups excluding carboxylic acids is 1. The van der Waals surface area contributed by atoms with E-state index in [2.05, 4.69) is 26.6 Å². The Kier molecular flexibility index (Phi) is 4.01. The molecular formula is C12H12BrClN2O3. The predicted molar refractivity (Wildman–Crippen MR) is 75.5 cm³/mol. The van der Waals surface area contributed by atoms with Crippen molar-refractivity contribution in [2.75, 3.05) is 11.9 Å². The first kappa shape index (κ1) is 14.1. The van der Waals surface area contributed by atoms with Gasteiger partial charge in [-0.2, -0.15) is 0 Å². The Morgan fingerprint density at radius 3 is 2.68 bits per heavy atom. The van der Waals surface area contributed by atoms with Crippen molar-refractivity contribution >= 4 is 45.2 Å². The number of amides is 2. The number of anilines is 1. The molecule has 1 aromatic carbocycles. The van der Waals surface area contributed by atoms with Gasteiger partial charge in [0, 0.05) is 11.0 Å². The van der Waals surface area contributed by atoms with Gasteiger partial charge in [-0.05, 0) is 31.0 Å². The molecule has 102 valence electrons. The summed E-state index contributed by atoms with van der Waals surface area (Å²) in [5, 5.41) is 14.5. The molecule has 0 radical (unpaired) electrons. The van der Waals surface area contributed by atoms with Gasteiger partial charge in [-0.3, -0.25) is 4.79 Å². The topological polar surface area (TPSA) is 78.4 Å². The monoisotopic (exact) mass is 346 g/mol. The molecule has 2 rings (SSSR count). The van der Waals surface area contributed by atoms with E-state index in [1.165, 1.54) is 0 Å². The highest BCUT2D eigenvalue weighted by molar-refractivity contribution is 9.10. The van der Waals surface area contributed by atoms with Gasteiger partial charge in [0.05, 0.1) is 16.1 Å². The van der Waals surface area contributed by atoms with Crippen molar-refractivity contribution in [1.82, 2.24) is 5.32 Å². The SMILES string of the molecule is O=C(NCC1(C(=O)O)CC1)Nc1cc(Br)ccc1Cl. The second-order valence-electron chi connectivity index (χ2n) is 4.52. The molecule has 3 N–H and O–H groups in total. The van der Waals surface area contributed by atoms with Crippen LogP contribution in [0.4, 0.5) is 10.5 Å². The molecule has 1 aliphatic carbocycles. The van der Waals surface area contributed by atoms with Gasteiger partial charge in [0.25, 0.3) is 0 Å². The van der Waals surface area contributed by atoms with Crippen LogP contribution in [0.3, 0.4) is 0 Å². The first-order chi connectivity index (χ1) is 8.93. The van der Waals surface area contributed by atoms with Crippen LogP contribution >= 0.6 is 27.5 Å². The average molecular weight is 348 g/mol. The number of hydrogen-bond donors (Lipinski definition) is 3. The van der Waals surface area contributed by atoms with Crippen molar-refractivity contribution in [1.29, 1.82) is 0 Å². The molecule has 1 saturated carbocycles. The van der Waals surface area contributed by atoms with Crippen molar-refractivity contribution in [3.8, 4) is 0 Å². The summed E-state index contributed by atoms with van der Waals surface area (Å²) >= 11 is 9.21. The number of rotatable bonds is 4. The molecule has 0 bridgehead atoms. The summed E-state index contributed by atoms with van der Waals surface area (Å²) in [6.45, 7) is 0.125. The Labute approximate surface area is 123 Å². The molecule has 1 aliphatic rings. The number of urea groups is 1. The van der Waals surface area contributed by atoms with Crippen LogP contribution in [0.5, 0.6) is 0 Å². The van der Waals surface area contributed by atoms with Gasteiger partial charge in [0.2, 0.25) is 0 Å². The minimum atomic E-state index is -0.867. The number of nitrogens with one attached hydrogen (secondary N) is 2. The molecule has 0 unspecified atom stereocenters. The van der Waals surface area contributed by atoms with E-state index in [9.17, 15) is 9.59 Å². The fraction of sp³-hybridized carbons (Fsp3) is 0.333. The number of halogens is 2. The minimum Gasteiger partial charge on any atom is -0.481 e. The van der Waals surface area contributed by atoms with Gasteiger partial charge in [0.1, 0.15) is 0 Å². The van der Waals surface area contributed by atoms with Gasteiger partial charge < -0.3 is 15.7 Å². The van der Waals surface area contributed by atoms with Crippen LogP contribution in [0.25, 0.3) is 0 Å². The summed E-state index contributed by atoms with van der Waals surface area (Å²) in [7, 11) is 0. The van der Waals surface area contributed by atoms with Crippen LogP contribution in [-0.2, 0) is 4.79 Å². The third kappa shape index (κ3) is 3.39. The van der Waals surface area contributed by atoms with Gasteiger partial charge in [-0.15, -0.1) is 0 Å². The number of hydrogen-bond acceptors (Lipinski definition) is 2. The summed E-state index contributed by atoms with van der Waals surface area (Å²) in [6.07, 6.45) is 1.19. The third-order valence-electron chi connectivity index (χ3n) is 3.07. The lowest BCUT2D eigenvalue weighted by atomic mass is 10.1. The zero-order valence-corrected chi connectivity index (χ0v) is 12.2. The Bertz CT molecular complexity index is 532. The van der Waals surface area contributed by atoms with Crippen LogP contribution in [0.2, 0.25) is 5.02 Å². The van der Waals surface area contributed by atoms with Gasteiger partial charge in [-0.1, -0.05) is 27.5 Å². The summed E-state index contributed by atoms with van der Waals surface area (Å²) in [5.41, 5.74) is -0.313. The molecule has 0 saturated heterocycles. The maximum atomic E-state index is 11.7. The molecule has 7 heteroatoms. The quantitative estimate of drug-likeness (QED) is 0.783. The summed E-state index contributed by atoms with van der Waals surface area (Å²) in [4.78, 5) is 22.6. The highest BCUT2D eigenvalue weighted by Gasteiger charge is 2.50. The van der Waals surface area contributed by atoms with Crippen molar-refractivity contribution in [2.45, 2.75) is 12.8 Å². The predicted octanol–water partition coefficient (Wildman–Crippen LogP) is 3.09. The van der Waals surface area contributed by atoms with Crippen molar-refractivity contribution < 1.29 is 14.7 Å². The van der Waals surface area contributed by atoms with Gasteiger partial charge >= 0.3 is 12.0 Å². The van der Waals surface area contributed by atoms with E-state index in [0.29, 0.717) is 23.6 Å². The molecule has 0 spiro atoms. The molecule has 19 heavy (non-hydrogen) atoms. The van der Waals surface area contributed by atoms with E-state index in [0.717, 1.165) is 4.47 Å². The van der Waals surface area contributed by atoms with E-state index in [1.54, 1.807) is 18.2 Å².